The van der Waals surface area contributed by atoms with Crippen LogP contribution in [-0.4, -0.2) is 6.54 Å². The molecule has 0 saturated carbocycles. The number of thiophene rings is 1. The van der Waals surface area contributed by atoms with Gasteiger partial charge in [-0.25, -0.2) is 0 Å². The molecule has 1 heterocycles. The number of benzene rings is 1. The van der Waals surface area contributed by atoms with Crippen molar-refractivity contribution < 1.29 is 0 Å². The third-order valence-corrected chi connectivity index (χ3v) is 5.97. The molecule has 0 radical (unpaired) electrons. The molecule has 1 N–H and O–H groups in total. The van der Waals surface area contributed by atoms with E-state index in [1.165, 1.54) is 19.8 Å². The smallest absolute Gasteiger partial charge is 0.0731 e. The van der Waals surface area contributed by atoms with Crippen LogP contribution < -0.4 is 5.32 Å². The first-order valence-corrected chi connectivity index (χ1v) is 8.75. The number of aryl methyl sites for hydroxylation is 1. The highest BCUT2D eigenvalue weighted by Gasteiger charge is 2.19. The average molecular weight is 424 g/mol. The predicted molar refractivity (Wildman–Crippen MR) is 91.4 cm³/mol. The molecular weight excluding hydrogens is 409 g/mol. The van der Waals surface area contributed by atoms with Gasteiger partial charge >= 0.3 is 0 Å². The lowest BCUT2D eigenvalue weighted by Gasteiger charge is -2.18. The van der Waals surface area contributed by atoms with Crippen molar-refractivity contribution in [2.24, 2.45) is 0 Å². The van der Waals surface area contributed by atoms with Crippen molar-refractivity contribution in [1.82, 2.24) is 5.32 Å². The van der Waals surface area contributed by atoms with Crippen LogP contribution in [-0.2, 0) is 0 Å². The van der Waals surface area contributed by atoms with Gasteiger partial charge in [0.05, 0.1) is 9.83 Å². The van der Waals surface area contributed by atoms with Crippen LogP contribution in [0.15, 0.2) is 32.5 Å². The van der Waals surface area contributed by atoms with E-state index in [9.17, 15) is 0 Å². The first kappa shape index (κ1) is 15.5. The average Bonchev–Trinajstić information content (AvgIpc) is 2.67. The lowest BCUT2D eigenvalue weighted by molar-refractivity contribution is 0.637. The minimum absolute atomic E-state index is 0.187. The van der Waals surface area contributed by atoms with Gasteiger partial charge in [-0.05, 0) is 58.7 Å². The third kappa shape index (κ3) is 3.61. The summed E-state index contributed by atoms with van der Waals surface area (Å²) in [6.07, 6.45) is 0. The van der Waals surface area contributed by atoms with Crippen LogP contribution in [0.1, 0.15) is 29.0 Å². The quantitative estimate of drug-likeness (QED) is 0.642. The van der Waals surface area contributed by atoms with Crippen LogP contribution in [0.25, 0.3) is 0 Å². The lowest BCUT2D eigenvalue weighted by Crippen LogP contribution is -2.21. The third-order valence-electron chi connectivity index (χ3n) is 2.84. The summed E-state index contributed by atoms with van der Waals surface area (Å²) in [6.45, 7) is 5.14. The maximum absolute atomic E-state index is 6.02. The van der Waals surface area contributed by atoms with E-state index in [0.29, 0.717) is 0 Å². The van der Waals surface area contributed by atoms with E-state index >= 15 is 0 Å². The van der Waals surface area contributed by atoms with E-state index in [0.717, 1.165) is 16.0 Å². The summed E-state index contributed by atoms with van der Waals surface area (Å²) in [5.41, 5.74) is 2.48. The van der Waals surface area contributed by atoms with Gasteiger partial charge in [0.2, 0.25) is 0 Å². The fourth-order valence-electron chi connectivity index (χ4n) is 1.93. The largest absolute Gasteiger partial charge is 0.306 e. The van der Waals surface area contributed by atoms with Crippen LogP contribution >= 0.6 is 54.8 Å². The van der Waals surface area contributed by atoms with Crippen LogP contribution in [0, 0.1) is 6.92 Å². The molecule has 102 valence electrons. The van der Waals surface area contributed by atoms with Gasteiger partial charge in [0, 0.05) is 14.4 Å². The van der Waals surface area contributed by atoms with Crippen molar-refractivity contribution in [2.75, 3.05) is 6.54 Å². The van der Waals surface area contributed by atoms with Gasteiger partial charge in [0.25, 0.3) is 0 Å². The van der Waals surface area contributed by atoms with E-state index in [2.05, 4.69) is 63.2 Å². The highest BCUT2D eigenvalue weighted by molar-refractivity contribution is 9.11. The standard InChI is InChI=1S/C14H14Br2ClNS/c1-3-18-13(12-6-8(2)14(16)19-12)10-5-4-9(17)7-11(10)15/h4-7,13,18H,3H2,1-2H3. The van der Waals surface area contributed by atoms with E-state index in [1.54, 1.807) is 11.3 Å². The van der Waals surface area contributed by atoms with E-state index in [-0.39, 0.29) is 6.04 Å². The molecule has 2 rings (SSSR count). The summed E-state index contributed by atoms with van der Waals surface area (Å²) in [5.74, 6) is 0. The summed E-state index contributed by atoms with van der Waals surface area (Å²) in [5, 5.41) is 4.28. The Kier molecular flexibility index (Phi) is 5.49. The Morgan fingerprint density at radius 3 is 2.58 bits per heavy atom. The zero-order chi connectivity index (χ0) is 14.0. The Morgan fingerprint density at radius 1 is 1.32 bits per heavy atom. The number of hydrogen-bond donors (Lipinski definition) is 1. The Bertz CT molecular complexity index is 563. The molecule has 0 bridgehead atoms. The normalized spacial score (nSPS) is 12.7. The fourth-order valence-corrected chi connectivity index (χ4v) is 4.51. The second-order valence-electron chi connectivity index (χ2n) is 4.26. The Hall–Kier alpha value is 0.130. The summed E-state index contributed by atoms with van der Waals surface area (Å²) in [7, 11) is 0. The minimum Gasteiger partial charge on any atom is -0.306 e. The molecule has 1 nitrogen and oxygen atoms in total. The summed E-state index contributed by atoms with van der Waals surface area (Å²) in [6, 6.07) is 8.36. The van der Waals surface area contributed by atoms with Gasteiger partial charge < -0.3 is 5.32 Å². The van der Waals surface area contributed by atoms with Gasteiger partial charge in [-0.15, -0.1) is 11.3 Å². The highest BCUT2D eigenvalue weighted by atomic mass is 79.9. The first-order chi connectivity index (χ1) is 9.02. The zero-order valence-electron chi connectivity index (χ0n) is 10.6. The topological polar surface area (TPSA) is 12.0 Å². The van der Waals surface area contributed by atoms with Gasteiger partial charge in [0.15, 0.2) is 0 Å². The Morgan fingerprint density at radius 2 is 2.05 bits per heavy atom. The lowest BCUT2D eigenvalue weighted by atomic mass is 10.0. The molecular formula is C14H14Br2ClNS. The molecule has 0 amide bonds. The number of halogens is 3. The molecule has 0 aliphatic carbocycles. The predicted octanol–water partition coefficient (Wildman–Crippen LogP) is 5.93. The molecule has 1 aromatic carbocycles. The number of nitrogens with one attached hydrogen (secondary N) is 1. The second kappa shape index (κ2) is 6.72. The second-order valence-corrected chi connectivity index (χ2v) is 7.95. The zero-order valence-corrected chi connectivity index (χ0v) is 15.4. The molecule has 5 heteroatoms. The molecule has 1 unspecified atom stereocenters. The maximum atomic E-state index is 6.02. The van der Waals surface area contributed by atoms with Crippen molar-refractivity contribution in [3.05, 3.63) is 53.6 Å². The molecule has 1 atom stereocenters. The van der Waals surface area contributed by atoms with E-state index in [4.69, 9.17) is 11.6 Å². The molecule has 0 aliphatic heterocycles. The van der Waals surface area contributed by atoms with Gasteiger partial charge in [-0.3, -0.25) is 0 Å². The first-order valence-electron chi connectivity index (χ1n) is 5.97. The van der Waals surface area contributed by atoms with Crippen LogP contribution in [0.4, 0.5) is 0 Å². The molecule has 1 aromatic heterocycles. The molecule has 2 aromatic rings. The molecule has 19 heavy (non-hydrogen) atoms. The molecule has 0 saturated heterocycles. The Labute approximate surface area is 139 Å². The van der Waals surface area contributed by atoms with Crippen molar-refractivity contribution in [3.8, 4) is 0 Å². The van der Waals surface area contributed by atoms with Gasteiger partial charge in [-0.2, -0.15) is 0 Å². The van der Waals surface area contributed by atoms with Gasteiger partial charge in [-0.1, -0.05) is 40.5 Å². The summed E-state index contributed by atoms with van der Waals surface area (Å²) < 4.78 is 2.23. The fraction of sp³-hybridized carbons (Fsp3) is 0.286. The minimum atomic E-state index is 0.187. The Balaban J connectivity index is 2.44. The molecule has 0 aliphatic rings. The summed E-state index contributed by atoms with van der Waals surface area (Å²) in [4.78, 5) is 1.30. The summed E-state index contributed by atoms with van der Waals surface area (Å²) >= 11 is 15.0. The van der Waals surface area contributed by atoms with Crippen molar-refractivity contribution in [2.45, 2.75) is 19.9 Å². The van der Waals surface area contributed by atoms with Crippen molar-refractivity contribution in [1.29, 1.82) is 0 Å². The van der Waals surface area contributed by atoms with Crippen LogP contribution in [0.3, 0.4) is 0 Å². The van der Waals surface area contributed by atoms with E-state index in [1.807, 2.05) is 12.1 Å². The SMILES string of the molecule is CCNC(c1cc(C)c(Br)s1)c1ccc(Cl)cc1Br. The maximum Gasteiger partial charge on any atom is 0.0731 e. The van der Waals surface area contributed by atoms with Crippen LogP contribution in [0.5, 0.6) is 0 Å². The van der Waals surface area contributed by atoms with Crippen LogP contribution in [0.2, 0.25) is 5.02 Å². The monoisotopic (exact) mass is 421 g/mol. The highest BCUT2D eigenvalue weighted by Crippen LogP contribution is 2.37. The molecule has 0 spiro atoms. The number of hydrogen-bond acceptors (Lipinski definition) is 2. The van der Waals surface area contributed by atoms with E-state index < -0.39 is 0 Å². The molecule has 0 fully saturated rings. The van der Waals surface area contributed by atoms with Crippen molar-refractivity contribution in [3.63, 3.8) is 0 Å². The van der Waals surface area contributed by atoms with Crippen molar-refractivity contribution >= 4 is 54.8 Å². The van der Waals surface area contributed by atoms with Gasteiger partial charge in [0.1, 0.15) is 0 Å². The number of rotatable bonds is 4.